The summed E-state index contributed by atoms with van der Waals surface area (Å²) in [4.78, 5) is 0. The SMILES string of the molecule is C/C=C\C1=C(CC)OCO1.C=CC. The van der Waals surface area contributed by atoms with Crippen molar-refractivity contribution in [3.8, 4) is 0 Å². The Morgan fingerprint density at radius 2 is 2.00 bits per heavy atom. The van der Waals surface area contributed by atoms with Gasteiger partial charge in [0.25, 0.3) is 0 Å². The van der Waals surface area contributed by atoms with E-state index in [-0.39, 0.29) is 0 Å². The van der Waals surface area contributed by atoms with Crippen molar-refractivity contribution in [3.05, 3.63) is 36.3 Å². The van der Waals surface area contributed by atoms with Gasteiger partial charge >= 0.3 is 0 Å². The van der Waals surface area contributed by atoms with Gasteiger partial charge in [0.15, 0.2) is 5.76 Å². The van der Waals surface area contributed by atoms with Crippen molar-refractivity contribution in [2.24, 2.45) is 0 Å². The molecule has 1 heterocycles. The fourth-order valence-corrected chi connectivity index (χ4v) is 0.884. The van der Waals surface area contributed by atoms with Crippen molar-refractivity contribution in [3.63, 3.8) is 0 Å². The summed E-state index contributed by atoms with van der Waals surface area (Å²) < 4.78 is 10.3. The first kappa shape index (κ1) is 11.8. The summed E-state index contributed by atoms with van der Waals surface area (Å²) in [6, 6.07) is 0. The van der Waals surface area contributed by atoms with Gasteiger partial charge in [0, 0.05) is 6.42 Å². The fraction of sp³-hybridized carbons (Fsp3) is 0.455. The number of allylic oxidation sites excluding steroid dienone is 4. The zero-order chi connectivity index (χ0) is 10.1. The normalized spacial score (nSPS) is 14.7. The highest BCUT2D eigenvalue weighted by molar-refractivity contribution is 5.17. The van der Waals surface area contributed by atoms with E-state index in [9.17, 15) is 0 Å². The molecule has 0 amide bonds. The maximum Gasteiger partial charge on any atom is 0.230 e. The standard InChI is InChI=1S/C8H12O2.C3H6/c1-3-5-8-7(4-2)9-6-10-8;1-3-2/h3,5H,4,6H2,1-2H3;3H,1H2,2H3/b5-3-;. The van der Waals surface area contributed by atoms with Crippen LogP contribution in [0.25, 0.3) is 0 Å². The van der Waals surface area contributed by atoms with E-state index in [1.54, 1.807) is 6.08 Å². The monoisotopic (exact) mass is 182 g/mol. The lowest BCUT2D eigenvalue weighted by Crippen LogP contribution is -1.81. The number of rotatable bonds is 2. The molecule has 2 heteroatoms. The molecule has 0 fully saturated rings. The van der Waals surface area contributed by atoms with Crippen LogP contribution in [0.5, 0.6) is 0 Å². The van der Waals surface area contributed by atoms with Crippen LogP contribution < -0.4 is 0 Å². The van der Waals surface area contributed by atoms with E-state index in [2.05, 4.69) is 6.58 Å². The molecule has 0 aromatic heterocycles. The van der Waals surface area contributed by atoms with Crippen LogP contribution in [0.1, 0.15) is 27.2 Å². The van der Waals surface area contributed by atoms with Gasteiger partial charge in [-0.2, -0.15) is 0 Å². The maximum atomic E-state index is 5.17. The number of hydrogen-bond acceptors (Lipinski definition) is 2. The third-order valence-electron chi connectivity index (χ3n) is 1.36. The Bertz CT molecular complexity index is 202. The smallest absolute Gasteiger partial charge is 0.230 e. The maximum absolute atomic E-state index is 5.17. The Morgan fingerprint density at radius 3 is 2.46 bits per heavy atom. The third kappa shape index (κ3) is 4.41. The summed E-state index contributed by atoms with van der Waals surface area (Å²) in [7, 11) is 0. The van der Waals surface area contributed by atoms with Gasteiger partial charge in [0.2, 0.25) is 6.79 Å². The summed E-state index contributed by atoms with van der Waals surface area (Å²) in [5, 5.41) is 0. The van der Waals surface area contributed by atoms with Crippen molar-refractivity contribution in [1.82, 2.24) is 0 Å². The highest BCUT2D eigenvalue weighted by atomic mass is 16.7. The van der Waals surface area contributed by atoms with Crippen molar-refractivity contribution in [1.29, 1.82) is 0 Å². The Hall–Kier alpha value is -1.18. The molecule has 1 aliphatic heterocycles. The molecule has 0 bridgehead atoms. The minimum atomic E-state index is 0.378. The highest BCUT2D eigenvalue weighted by Gasteiger charge is 2.11. The summed E-state index contributed by atoms with van der Waals surface area (Å²) >= 11 is 0. The second-order valence-electron chi connectivity index (χ2n) is 2.46. The summed E-state index contributed by atoms with van der Waals surface area (Å²) in [6.45, 7) is 9.64. The molecule has 0 aromatic rings. The van der Waals surface area contributed by atoms with Crippen LogP contribution in [0.4, 0.5) is 0 Å². The minimum absolute atomic E-state index is 0.378. The van der Waals surface area contributed by atoms with Gasteiger partial charge in [-0.1, -0.05) is 19.1 Å². The van der Waals surface area contributed by atoms with Gasteiger partial charge in [-0.15, -0.1) is 6.58 Å². The van der Waals surface area contributed by atoms with Gasteiger partial charge in [-0.05, 0) is 19.9 Å². The van der Waals surface area contributed by atoms with Crippen molar-refractivity contribution in [2.75, 3.05) is 6.79 Å². The molecule has 0 saturated carbocycles. The van der Waals surface area contributed by atoms with Gasteiger partial charge in [-0.25, -0.2) is 0 Å². The van der Waals surface area contributed by atoms with E-state index in [1.165, 1.54) is 0 Å². The van der Waals surface area contributed by atoms with Crippen molar-refractivity contribution < 1.29 is 9.47 Å². The topological polar surface area (TPSA) is 18.5 Å². The molecule has 1 aliphatic rings. The highest BCUT2D eigenvalue weighted by Crippen LogP contribution is 2.19. The Kier molecular flexibility index (Phi) is 6.79. The predicted octanol–water partition coefficient (Wildman–Crippen LogP) is 3.38. The molecule has 0 saturated heterocycles. The molecule has 1 rings (SSSR count). The van der Waals surface area contributed by atoms with Crippen LogP contribution in [0, 0.1) is 0 Å². The average molecular weight is 182 g/mol. The van der Waals surface area contributed by atoms with E-state index >= 15 is 0 Å². The first-order chi connectivity index (χ1) is 6.29. The summed E-state index contributed by atoms with van der Waals surface area (Å²) in [6.07, 6.45) is 6.52. The lowest BCUT2D eigenvalue weighted by atomic mass is 10.3. The number of ether oxygens (including phenoxy) is 2. The van der Waals surface area contributed by atoms with Gasteiger partial charge in [-0.3, -0.25) is 0 Å². The zero-order valence-electron chi connectivity index (χ0n) is 8.67. The Balaban J connectivity index is 0.000000424. The Labute approximate surface area is 80.5 Å². The lowest BCUT2D eigenvalue weighted by Gasteiger charge is -1.93. The van der Waals surface area contributed by atoms with Crippen LogP contribution in [0.15, 0.2) is 36.3 Å². The molecule has 13 heavy (non-hydrogen) atoms. The molecule has 0 aliphatic carbocycles. The van der Waals surface area contributed by atoms with Gasteiger partial charge in [0.1, 0.15) is 5.76 Å². The molecule has 74 valence electrons. The quantitative estimate of drug-likeness (QED) is 0.609. The first-order valence-corrected chi connectivity index (χ1v) is 4.48. The molecule has 0 atom stereocenters. The summed E-state index contributed by atoms with van der Waals surface area (Å²) in [5.74, 6) is 1.84. The molecule has 0 unspecified atom stereocenters. The van der Waals surface area contributed by atoms with E-state index in [1.807, 2.05) is 32.9 Å². The molecule has 0 aromatic carbocycles. The predicted molar refractivity (Wildman–Crippen MR) is 55.0 cm³/mol. The molecule has 0 radical (unpaired) electrons. The van der Waals surface area contributed by atoms with Crippen LogP contribution in [-0.4, -0.2) is 6.79 Å². The van der Waals surface area contributed by atoms with Crippen molar-refractivity contribution >= 4 is 0 Å². The van der Waals surface area contributed by atoms with Crippen LogP contribution in [0.2, 0.25) is 0 Å². The second-order valence-corrected chi connectivity index (χ2v) is 2.46. The van der Waals surface area contributed by atoms with Crippen LogP contribution in [-0.2, 0) is 9.47 Å². The van der Waals surface area contributed by atoms with Crippen LogP contribution in [0.3, 0.4) is 0 Å². The summed E-state index contributed by atoms with van der Waals surface area (Å²) in [5.41, 5.74) is 0. The molecule has 0 N–H and O–H groups in total. The third-order valence-corrected chi connectivity index (χ3v) is 1.36. The first-order valence-electron chi connectivity index (χ1n) is 4.48. The fourth-order valence-electron chi connectivity index (χ4n) is 0.884. The van der Waals surface area contributed by atoms with E-state index in [4.69, 9.17) is 9.47 Å². The minimum Gasteiger partial charge on any atom is -0.458 e. The zero-order valence-corrected chi connectivity index (χ0v) is 8.67. The second kappa shape index (κ2) is 7.47. The van der Waals surface area contributed by atoms with E-state index < -0.39 is 0 Å². The average Bonchev–Trinajstić information content (AvgIpc) is 2.54. The number of hydrogen-bond donors (Lipinski definition) is 0. The van der Waals surface area contributed by atoms with Gasteiger partial charge < -0.3 is 9.47 Å². The molecule has 0 spiro atoms. The van der Waals surface area contributed by atoms with Gasteiger partial charge in [0.05, 0.1) is 0 Å². The largest absolute Gasteiger partial charge is 0.458 e. The van der Waals surface area contributed by atoms with E-state index in [0.717, 1.165) is 17.9 Å². The molecular formula is C11H18O2. The molecule has 2 nitrogen and oxygen atoms in total. The Morgan fingerprint density at radius 1 is 1.38 bits per heavy atom. The molecular weight excluding hydrogens is 164 g/mol. The van der Waals surface area contributed by atoms with Crippen molar-refractivity contribution in [2.45, 2.75) is 27.2 Å². The van der Waals surface area contributed by atoms with E-state index in [0.29, 0.717) is 6.79 Å². The lowest BCUT2D eigenvalue weighted by molar-refractivity contribution is 0.0726. The van der Waals surface area contributed by atoms with Crippen LogP contribution >= 0.6 is 0 Å².